The van der Waals surface area contributed by atoms with Crippen molar-refractivity contribution in [1.29, 1.82) is 0 Å². The highest BCUT2D eigenvalue weighted by atomic mass is 16.5. The number of rotatable bonds is 6. The number of methoxy groups -OCH3 is 1. The molecule has 20 heavy (non-hydrogen) atoms. The van der Waals surface area contributed by atoms with E-state index in [1.165, 1.54) is 25.3 Å². The first-order valence-electron chi connectivity index (χ1n) is 5.79. The first-order valence-corrected chi connectivity index (χ1v) is 5.79. The lowest BCUT2D eigenvalue weighted by molar-refractivity contribution is 0.0149. The first kappa shape index (κ1) is 15.8. The standard InChI is InChI=1S/C12H15N3O5/c1-20-12(19)8-3-2-7(6-10(8)17)11(18)9(16)4-5-14-15-13/h2-3,6,9,11,16-18H,4-5H2,1H3. The maximum atomic E-state index is 11.3. The monoisotopic (exact) mass is 281 g/mol. The van der Waals surface area contributed by atoms with Crippen molar-refractivity contribution in [2.75, 3.05) is 13.7 Å². The summed E-state index contributed by atoms with van der Waals surface area (Å²) in [5.41, 5.74) is 8.32. The maximum absolute atomic E-state index is 11.3. The number of phenols is 1. The number of esters is 1. The zero-order chi connectivity index (χ0) is 15.1. The van der Waals surface area contributed by atoms with Crippen LogP contribution in [-0.2, 0) is 4.74 Å². The Labute approximate surface area is 114 Å². The van der Waals surface area contributed by atoms with E-state index < -0.39 is 18.2 Å². The Kier molecular flexibility index (Phi) is 5.79. The largest absolute Gasteiger partial charge is 0.507 e. The van der Waals surface area contributed by atoms with Crippen molar-refractivity contribution in [3.05, 3.63) is 39.8 Å². The number of carbonyl (C=O) groups excluding carboxylic acids is 1. The molecule has 0 saturated carbocycles. The fourth-order valence-corrected chi connectivity index (χ4v) is 1.63. The molecule has 1 rings (SSSR count). The molecule has 0 heterocycles. The number of aromatic hydroxyl groups is 1. The van der Waals surface area contributed by atoms with Crippen LogP contribution in [0.15, 0.2) is 23.3 Å². The van der Waals surface area contributed by atoms with Crippen LogP contribution in [0.3, 0.4) is 0 Å². The highest BCUT2D eigenvalue weighted by Gasteiger charge is 2.20. The van der Waals surface area contributed by atoms with Crippen LogP contribution < -0.4 is 0 Å². The fourth-order valence-electron chi connectivity index (χ4n) is 1.63. The second-order valence-electron chi connectivity index (χ2n) is 4.02. The van der Waals surface area contributed by atoms with Crippen LogP contribution in [0.2, 0.25) is 0 Å². The zero-order valence-corrected chi connectivity index (χ0v) is 10.8. The molecule has 0 saturated heterocycles. The summed E-state index contributed by atoms with van der Waals surface area (Å²) in [5.74, 6) is -1.05. The Morgan fingerprint density at radius 2 is 2.20 bits per heavy atom. The summed E-state index contributed by atoms with van der Waals surface area (Å²) >= 11 is 0. The summed E-state index contributed by atoms with van der Waals surface area (Å²) in [5, 5.41) is 32.5. The van der Waals surface area contributed by atoms with Crippen molar-refractivity contribution in [3.8, 4) is 5.75 Å². The zero-order valence-electron chi connectivity index (χ0n) is 10.8. The number of aliphatic hydroxyl groups excluding tert-OH is 2. The molecule has 0 aliphatic rings. The highest BCUT2D eigenvalue weighted by Crippen LogP contribution is 2.26. The third-order valence-corrected chi connectivity index (χ3v) is 2.72. The van der Waals surface area contributed by atoms with Gasteiger partial charge >= 0.3 is 5.97 Å². The highest BCUT2D eigenvalue weighted by molar-refractivity contribution is 5.92. The number of hydrogen-bond acceptors (Lipinski definition) is 6. The molecule has 0 radical (unpaired) electrons. The molecule has 0 bridgehead atoms. The molecule has 0 aliphatic carbocycles. The minimum absolute atomic E-state index is 0.0352. The van der Waals surface area contributed by atoms with Crippen LogP contribution in [0.4, 0.5) is 0 Å². The molecule has 2 atom stereocenters. The fraction of sp³-hybridized carbons (Fsp3) is 0.417. The van der Waals surface area contributed by atoms with Gasteiger partial charge < -0.3 is 20.1 Å². The third kappa shape index (κ3) is 3.86. The van der Waals surface area contributed by atoms with Gasteiger partial charge in [0.25, 0.3) is 0 Å². The second kappa shape index (κ2) is 7.34. The summed E-state index contributed by atoms with van der Waals surface area (Å²) < 4.78 is 4.47. The van der Waals surface area contributed by atoms with E-state index in [1.54, 1.807) is 0 Å². The molecular formula is C12H15N3O5. The van der Waals surface area contributed by atoms with Gasteiger partial charge in [-0.2, -0.15) is 0 Å². The predicted octanol–water partition coefficient (Wildman–Crippen LogP) is 1.27. The van der Waals surface area contributed by atoms with E-state index in [0.29, 0.717) is 0 Å². The number of phenolic OH excluding ortho intramolecular Hbond substituents is 1. The Bertz CT molecular complexity index is 528. The summed E-state index contributed by atoms with van der Waals surface area (Å²) in [7, 11) is 1.18. The van der Waals surface area contributed by atoms with Crippen molar-refractivity contribution >= 4 is 5.97 Å². The Morgan fingerprint density at radius 1 is 1.50 bits per heavy atom. The van der Waals surface area contributed by atoms with Gasteiger partial charge in [-0.05, 0) is 29.6 Å². The van der Waals surface area contributed by atoms with E-state index in [0.717, 1.165) is 0 Å². The molecule has 1 aromatic rings. The third-order valence-electron chi connectivity index (χ3n) is 2.72. The average Bonchev–Trinajstić information content (AvgIpc) is 2.45. The number of aliphatic hydroxyl groups is 2. The van der Waals surface area contributed by atoms with Gasteiger partial charge in [-0.15, -0.1) is 0 Å². The molecule has 0 spiro atoms. The minimum atomic E-state index is -1.26. The molecule has 8 heteroatoms. The molecular weight excluding hydrogens is 266 g/mol. The Morgan fingerprint density at radius 3 is 2.75 bits per heavy atom. The van der Waals surface area contributed by atoms with Gasteiger partial charge in [0.05, 0.1) is 13.2 Å². The van der Waals surface area contributed by atoms with Gasteiger partial charge in [-0.1, -0.05) is 11.2 Å². The summed E-state index contributed by atoms with van der Waals surface area (Å²) in [6.45, 7) is 0.0426. The van der Waals surface area contributed by atoms with Crippen LogP contribution in [0, 0.1) is 0 Å². The molecule has 1 aromatic carbocycles. The second-order valence-corrected chi connectivity index (χ2v) is 4.02. The lowest BCUT2D eigenvalue weighted by Gasteiger charge is -2.18. The molecule has 3 N–H and O–H groups in total. The summed E-state index contributed by atoms with van der Waals surface area (Å²) in [6, 6.07) is 3.86. The van der Waals surface area contributed by atoms with Gasteiger partial charge in [-0.25, -0.2) is 4.79 Å². The van der Waals surface area contributed by atoms with Crippen molar-refractivity contribution in [3.63, 3.8) is 0 Å². The molecule has 2 unspecified atom stereocenters. The predicted molar refractivity (Wildman–Crippen MR) is 69.0 cm³/mol. The van der Waals surface area contributed by atoms with Crippen molar-refractivity contribution in [2.24, 2.45) is 5.11 Å². The topological polar surface area (TPSA) is 136 Å². The van der Waals surface area contributed by atoms with E-state index in [1.807, 2.05) is 0 Å². The summed E-state index contributed by atoms with van der Waals surface area (Å²) in [6.07, 6.45) is -2.34. The smallest absolute Gasteiger partial charge is 0.341 e. The number of nitrogens with zero attached hydrogens (tertiary/aromatic N) is 3. The maximum Gasteiger partial charge on any atom is 0.341 e. The molecule has 8 nitrogen and oxygen atoms in total. The molecule has 0 amide bonds. The van der Waals surface area contributed by atoms with Crippen molar-refractivity contribution in [2.45, 2.75) is 18.6 Å². The van der Waals surface area contributed by atoms with E-state index >= 15 is 0 Å². The van der Waals surface area contributed by atoms with E-state index in [2.05, 4.69) is 14.8 Å². The van der Waals surface area contributed by atoms with Crippen LogP contribution in [0.25, 0.3) is 10.4 Å². The Hall–Kier alpha value is -2.28. The van der Waals surface area contributed by atoms with Gasteiger partial charge in [0, 0.05) is 11.5 Å². The average molecular weight is 281 g/mol. The van der Waals surface area contributed by atoms with E-state index in [4.69, 9.17) is 5.53 Å². The van der Waals surface area contributed by atoms with Crippen molar-refractivity contribution in [1.82, 2.24) is 0 Å². The number of azide groups is 1. The lowest BCUT2D eigenvalue weighted by atomic mass is 10.00. The molecule has 108 valence electrons. The first-order chi connectivity index (χ1) is 9.51. The number of benzene rings is 1. The quantitative estimate of drug-likeness (QED) is 0.312. The number of hydrogen-bond donors (Lipinski definition) is 3. The van der Waals surface area contributed by atoms with Crippen LogP contribution in [0.1, 0.15) is 28.4 Å². The lowest BCUT2D eigenvalue weighted by Crippen LogP contribution is -2.19. The summed E-state index contributed by atoms with van der Waals surface area (Å²) in [4.78, 5) is 13.8. The Balaban J connectivity index is 2.83. The normalized spacial score (nSPS) is 13.2. The number of ether oxygens (including phenoxy) is 1. The van der Waals surface area contributed by atoms with Gasteiger partial charge in [0.2, 0.25) is 0 Å². The van der Waals surface area contributed by atoms with Crippen LogP contribution in [0.5, 0.6) is 5.75 Å². The van der Waals surface area contributed by atoms with Crippen LogP contribution >= 0.6 is 0 Å². The van der Waals surface area contributed by atoms with E-state index in [9.17, 15) is 20.1 Å². The van der Waals surface area contributed by atoms with Crippen molar-refractivity contribution < 1.29 is 24.9 Å². The van der Waals surface area contributed by atoms with Gasteiger partial charge in [0.15, 0.2) is 0 Å². The minimum Gasteiger partial charge on any atom is -0.507 e. The number of carbonyl (C=O) groups is 1. The molecule has 0 aromatic heterocycles. The van der Waals surface area contributed by atoms with Crippen LogP contribution in [-0.4, -0.2) is 41.0 Å². The molecule has 0 aliphatic heterocycles. The molecule has 0 fully saturated rings. The SMILES string of the molecule is COC(=O)c1ccc(C(O)C(O)CCN=[N+]=[N-])cc1O. The van der Waals surface area contributed by atoms with Gasteiger partial charge in [-0.3, -0.25) is 0 Å². The van der Waals surface area contributed by atoms with E-state index in [-0.39, 0.29) is 29.8 Å². The van der Waals surface area contributed by atoms with Gasteiger partial charge in [0.1, 0.15) is 17.4 Å².